The van der Waals surface area contributed by atoms with Gasteiger partial charge in [-0.3, -0.25) is 4.68 Å². The minimum absolute atomic E-state index is 0.264. The lowest BCUT2D eigenvalue weighted by Gasteiger charge is -2.23. The van der Waals surface area contributed by atoms with Crippen LogP contribution in [0.25, 0.3) is 0 Å². The van der Waals surface area contributed by atoms with Crippen LogP contribution in [0.4, 0.5) is 0 Å². The third kappa shape index (κ3) is 6.13. The highest BCUT2D eigenvalue weighted by molar-refractivity contribution is 5.79. The number of guanidine groups is 1. The van der Waals surface area contributed by atoms with Gasteiger partial charge in [-0.1, -0.05) is 6.92 Å². The number of ether oxygens (including phenoxy) is 1. The van der Waals surface area contributed by atoms with E-state index < -0.39 is 0 Å². The second kappa shape index (κ2) is 10.2. The molecule has 0 bridgehead atoms. The maximum absolute atomic E-state index is 5.82. The Morgan fingerprint density at radius 1 is 1.37 bits per heavy atom. The molecule has 1 atom stereocenters. The van der Waals surface area contributed by atoms with Crippen LogP contribution in [0, 0.1) is 0 Å². The summed E-state index contributed by atoms with van der Waals surface area (Å²) in [6.07, 6.45) is 9.26. The van der Waals surface area contributed by atoms with Crippen LogP contribution in [0.15, 0.2) is 34.0 Å². The smallest absolute Gasteiger partial charge is 0.191 e. The molecule has 7 nitrogen and oxygen atoms in total. The van der Waals surface area contributed by atoms with Gasteiger partial charge in [0, 0.05) is 44.9 Å². The Morgan fingerprint density at radius 3 is 3.04 bits per heavy atom. The molecule has 1 unspecified atom stereocenters. The van der Waals surface area contributed by atoms with Gasteiger partial charge in [0.15, 0.2) is 5.96 Å². The second-order valence-electron chi connectivity index (χ2n) is 6.92. The molecule has 2 aromatic heterocycles. The maximum atomic E-state index is 5.82. The number of aromatic nitrogens is 2. The van der Waals surface area contributed by atoms with Gasteiger partial charge in [-0.2, -0.15) is 5.10 Å². The minimum Gasteiger partial charge on any atom is -0.469 e. The number of aliphatic imine (C=N–C) groups is 1. The molecule has 0 spiro atoms. The van der Waals surface area contributed by atoms with E-state index >= 15 is 0 Å². The average Bonchev–Trinajstić information content (AvgIpc) is 3.33. The summed E-state index contributed by atoms with van der Waals surface area (Å²) >= 11 is 0. The minimum atomic E-state index is 0.264. The maximum Gasteiger partial charge on any atom is 0.191 e. The molecule has 0 saturated carbocycles. The molecule has 148 valence electrons. The Kier molecular flexibility index (Phi) is 7.33. The SMILES string of the molecule is CCc1nn(C)cc1CN=C(NCCc1ccco1)NCC1CCCCO1. The average molecular weight is 374 g/mol. The molecule has 2 aromatic rings. The molecule has 1 saturated heterocycles. The Labute approximate surface area is 161 Å². The van der Waals surface area contributed by atoms with Gasteiger partial charge in [0.1, 0.15) is 5.76 Å². The van der Waals surface area contributed by atoms with Gasteiger partial charge < -0.3 is 19.8 Å². The summed E-state index contributed by atoms with van der Waals surface area (Å²) < 4.78 is 13.1. The zero-order chi connectivity index (χ0) is 18.9. The first-order valence-electron chi connectivity index (χ1n) is 9.92. The van der Waals surface area contributed by atoms with Crippen molar-refractivity contribution >= 4 is 5.96 Å². The molecule has 3 heterocycles. The molecule has 7 heteroatoms. The Balaban J connectivity index is 1.57. The zero-order valence-corrected chi connectivity index (χ0v) is 16.4. The van der Waals surface area contributed by atoms with Crippen molar-refractivity contribution in [3.05, 3.63) is 41.6 Å². The second-order valence-corrected chi connectivity index (χ2v) is 6.92. The summed E-state index contributed by atoms with van der Waals surface area (Å²) in [4.78, 5) is 4.77. The summed E-state index contributed by atoms with van der Waals surface area (Å²) in [5.41, 5.74) is 2.27. The van der Waals surface area contributed by atoms with Crippen LogP contribution in [0.2, 0.25) is 0 Å². The molecule has 0 aliphatic carbocycles. The highest BCUT2D eigenvalue weighted by Crippen LogP contribution is 2.12. The van der Waals surface area contributed by atoms with Crippen molar-refractivity contribution in [1.82, 2.24) is 20.4 Å². The van der Waals surface area contributed by atoms with Gasteiger partial charge in [-0.15, -0.1) is 0 Å². The summed E-state index contributed by atoms with van der Waals surface area (Å²) in [5, 5.41) is 11.3. The Hall–Kier alpha value is -2.28. The summed E-state index contributed by atoms with van der Waals surface area (Å²) in [6.45, 7) is 5.13. The molecule has 2 N–H and O–H groups in total. The molecule has 0 amide bonds. The van der Waals surface area contributed by atoms with Crippen LogP contribution in [-0.2, 0) is 31.2 Å². The van der Waals surface area contributed by atoms with Gasteiger partial charge in [-0.25, -0.2) is 4.99 Å². The van der Waals surface area contributed by atoms with E-state index in [9.17, 15) is 0 Å². The number of aryl methyl sites for hydroxylation is 2. The molecule has 1 aliphatic heterocycles. The lowest BCUT2D eigenvalue weighted by molar-refractivity contribution is 0.0194. The topological polar surface area (TPSA) is 76.6 Å². The highest BCUT2D eigenvalue weighted by atomic mass is 16.5. The number of hydrogen-bond acceptors (Lipinski definition) is 4. The van der Waals surface area contributed by atoms with E-state index in [1.807, 2.05) is 30.1 Å². The quantitative estimate of drug-likeness (QED) is 0.549. The third-order valence-electron chi connectivity index (χ3n) is 4.75. The third-order valence-corrected chi connectivity index (χ3v) is 4.75. The standard InChI is InChI=1S/C20H31N5O2/c1-3-19-16(15-25(2)24-19)13-22-20(21-10-9-17-8-6-12-26-17)23-14-18-7-4-5-11-27-18/h6,8,12,15,18H,3-5,7,9-11,13-14H2,1-2H3,(H2,21,22,23). The molecule has 0 radical (unpaired) electrons. The van der Waals surface area contributed by atoms with E-state index in [4.69, 9.17) is 14.1 Å². The number of furan rings is 1. The van der Waals surface area contributed by atoms with Crippen LogP contribution in [0.3, 0.4) is 0 Å². The van der Waals surface area contributed by atoms with Crippen LogP contribution < -0.4 is 10.6 Å². The van der Waals surface area contributed by atoms with Crippen molar-refractivity contribution in [1.29, 1.82) is 0 Å². The van der Waals surface area contributed by atoms with Gasteiger partial charge >= 0.3 is 0 Å². The monoisotopic (exact) mass is 373 g/mol. The van der Waals surface area contributed by atoms with Gasteiger partial charge in [0.2, 0.25) is 0 Å². The van der Waals surface area contributed by atoms with E-state index in [2.05, 4.69) is 22.7 Å². The number of hydrogen-bond donors (Lipinski definition) is 2. The van der Waals surface area contributed by atoms with E-state index in [1.54, 1.807) is 6.26 Å². The first kappa shape index (κ1) is 19.5. The number of rotatable bonds is 8. The molecule has 3 rings (SSSR count). The Bertz CT molecular complexity index is 702. The molecular formula is C20H31N5O2. The molecule has 27 heavy (non-hydrogen) atoms. The van der Waals surface area contributed by atoms with E-state index in [0.717, 1.165) is 56.4 Å². The summed E-state index contributed by atoms with van der Waals surface area (Å²) in [6, 6.07) is 3.91. The number of nitrogens with zero attached hydrogens (tertiary/aromatic N) is 3. The van der Waals surface area contributed by atoms with E-state index in [1.165, 1.54) is 18.4 Å². The van der Waals surface area contributed by atoms with Gasteiger partial charge in [0.25, 0.3) is 0 Å². The van der Waals surface area contributed by atoms with Crippen molar-refractivity contribution in [2.45, 2.75) is 51.7 Å². The number of nitrogens with one attached hydrogen (secondary N) is 2. The van der Waals surface area contributed by atoms with Crippen molar-refractivity contribution in [3.8, 4) is 0 Å². The van der Waals surface area contributed by atoms with Crippen LogP contribution in [0.5, 0.6) is 0 Å². The van der Waals surface area contributed by atoms with Crippen molar-refractivity contribution in [3.63, 3.8) is 0 Å². The zero-order valence-electron chi connectivity index (χ0n) is 16.4. The van der Waals surface area contributed by atoms with Crippen LogP contribution >= 0.6 is 0 Å². The Morgan fingerprint density at radius 2 is 2.30 bits per heavy atom. The van der Waals surface area contributed by atoms with Crippen molar-refractivity contribution in [2.75, 3.05) is 19.7 Å². The lowest BCUT2D eigenvalue weighted by atomic mass is 10.1. The van der Waals surface area contributed by atoms with E-state index in [0.29, 0.717) is 6.54 Å². The lowest BCUT2D eigenvalue weighted by Crippen LogP contribution is -2.43. The normalized spacial score (nSPS) is 17.9. The van der Waals surface area contributed by atoms with Crippen LogP contribution in [0.1, 0.15) is 43.2 Å². The van der Waals surface area contributed by atoms with Crippen molar-refractivity contribution < 1.29 is 9.15 Å². The van der Waals surface area contributed by atoms with Gasteiger partial charge in [0.05, 0.1) is 24.6 Å². The van der Waals surface area contributed by atoms with Gasteiger partial charge in [-0.05, 0) is 37.8 Å². The predicted molar refractivity (Wildman–Crippen MR) is 106 cm³/mol. The fourth-order valence-electron chi connectivity index (χ4n) is 3.29. The molecule has 1 fully saturated rings. The highest BCUT2D eigenvalue weighted by Gasteiger charge is 2.14. The summed E-state index contributed by atoms with van der Waals surface area (Å²) in [7, 11) is 1.95. The predicted octanol–water partition coefficient (Wildman–Crippen LogP) is 2.42. The molecule has 1 aliphatic rings. The first-order chi connectivity index (χ1) is 13.2. The molecular weight excluding hydrogens is 342 g/mol. The first-order valence-corrected chi connectivity index (χ1v) is 9.92. The van der Waals surface area contributed by atoms with Crippen LogP contribution in [-0.4, -0.2) is 41.5 Å². The fraction of sp³-hybridized carbons (Fsp3) is 0.600. The summed E-state index contributed by atoms with van der Waals surface area (Å²) in [5.74, 6) is 1.78. The largest absolute Gasteiger partial charge is 0.469 e. The van der Waals surface area contributed by atoms with Crippen molar-refractivity contribution in [2.24, 2.45) is 12.0 Å². The fourth-order valence-corrected chi connectivity index (χ4v) is 3.29. The molecule has 0 aromatic carbocycles. The van der Waals surface area contributed by atoms with E-state index in [-0.39, 0.29) is 6.10 Å².